The van der Waals surface area contributed by atoms with Crippen LogP contribution in [0.1, 0.15) is 11.7 Å². The van der Waals surface area contributed by atoms with Crippen LogP contribution in [-0.2, 0) is 11.3 Å². The number of aromatic nitrogens is 3. The second kappa shape index (κ2) is 6.80. The van der Waals surface area contributed by atoms with Gasteiger partial charge >= 0.3 is 0 Å². The molecule has 3 rings (SSSR count). The van der Waals surface area contributed by atoms with Gasteiger partial charge in [0.2, 0.25) is 0 Å². The summed E-state index contributed by atoms with van der Waals surface area (Å²) in [5.41, 5.74) is 0.955. The fraction of sp³-hybridized carbons (Fsp3) is 0.467. The van der Waals surface area contributed by atoms with E-state index in [9.17, 15) is 5.11 Å². The fourth-order valence-corrected chi connectivity index (χ4v) is 2.62. The number of aliphatic hydroxyl groups is 1. The van der Waals surface area contributed by atoms with Gasteiger partial charge in [0, 0.05) is 19.6 Å². The molecular formula is C15H20N4O2. The largest absolute Gasteiger partial charge is 0.387 e. The van der Waals surface area contributed by atoms with Gasteiger partial charge in [0.1, 0.15) is 12.7 Å². The van der Waals surface area contributed by atoms with Gasteiger partial charge in [-0.15, -0.1) is 0 Å². The van der Waals surface area contributed by atoms with Crippen LogP contribution >= 0.6 is 0 Å². The number of morpholine rings is 1. The minimum Gasteiger partial charge on any atom is -0.387 e. The summed E-state index contributed by atoms with van der Waals surface area (Å²) < 4.78 is 7.54. The van der Waals surface area contributed by atoms with Gasteiger partial charge in [0.15, 0.2) is 0 Å². The van der Waals surface area contributed by atoms with Gasteiger partial charge < -0.3 is 9.84 Å². The van der Waals surface area contributed by atoms with E-state index in [1.165, 1.54) is 6.33 Å². The molecule has 0 amide bonds. The number of hydrogen-bond acceptors (Lipinski definition) is 5. The molecule has 6 nitrogen and oxygen atoms in total. The normalized spacial score (nSPS) is 21.3. The van der Waals surface area contributed by atoms with Crippen LogP contribution in [0.5, 0.6) is 0 Å². The van der Waals surface area contributed by atoms with Crippen molar-refractivity contribution < 1.29 is 9.84 Å². The van der Waals surface area contributed by atoms with E-state index in [2.05, 4.69) is 15.0 Å². The molecule has 0 bridgehead atoms. The SMILES string of the molecule is O[C@H](CN1CCO[C@H](Cn2cncn2)C1)c1ccccc1. The summed E-state index contributed by atoms with van der Waals surface area (Å²) in [4.78, 5) is 6.18. The van der Waals surface area contributed by atoms with Crippen molar-refractivity contribution >= 4 is 0 Å². The predicted molar refractivity (Wildman–Crippen MR) is 77.6 cm³/mol. The Morgan fingerprint density at radius 3 is 2.95 bits per heavy atom. The van der Waals surface area contributed by atoms with E-state index in [1.807, 2.05) is 30.3 Å². The molecule has 6 heteroatoms. The molecule has 1 aromatic carbocycles. The van der Waals surface area contributed by atoms with Gasteiger partial charge in [-0.2, -0.15) is 5.10 Å². The lowest BCUT2D eigenvalue weighted by molar-refractivity contribution is -0.0486. The first-order valence-electron chi connectivity index (χ1n) is 7.20. The molecule has 2 atom stereocenters. The molecule has 2 heterocycles. The Morgan fingerprint density at radius 1 is 1.33 bits per heavy atom. The molecule has 112 valence electrons. The van der Waals surface area contributed by atoms with E-state index in [1.54, 1.807) is 11.0 Å². The molecule has 0 radical (unpaired) electrons. The van der Waals surface area contributed by atoms with Gasteiger partial charge in [0.25, 0.3) is 0 Å². The van der Waals surface area contributed by atoms with Crippen LogP contribution in [0.15, 0.2) is 43.0 Å². The van der Waals surface area contributed by atoms with Gasteiger partial charge in [0.05, 0.1) is 25.4 Å². The summed E-state index contributed by atoms with van der Waals surface area (Å²) in [5, 5.41) is 14.4. The van der Waals surface area contributed by atoms with Crippen molar-refractivity contribution in [2.24, 2.45) is 0 Å². The number of β-amino-alcohol motifs (C(OH)–C–C–N with tert-alkyl or cyclic N) is 1. The van der Waals surface area contributed by atoms with Crippen LogP contribution in [0, 0.1) is 0 Å². The Morgan fingerprint density at radius 2 is 2.19 bits per heavy atom. The third-order valence-corrected chi connectivity index (χ3v) is 3.70. The van der Waals surface area contributed by atoms with Crippen LogP contribution in [0.2, 0.25) is 0 Å². The van der Waals surface area contributed by atoms with Crippen molar-refractivity contribution in [3.63, 3.8) is 0 Å². The summed E-state index contributed by atoms with van der Waals surface area (Å²) in [6, 6.07) is 9.77. The molecule has 1 aliphatic rings. The summed E-state index contributed by atoms with van der Waals surface area (Å²) >= 11 is 0. The lowest BCUT2D eigenvalue weighted by Crippen LogP contribution is -2.45. The highest BCUT2D eigenvalue weighted by Crippen LogP contribution is 2.16. The summed E-state index contributed by atoms with van der Waals surface area (Å²) in [5.74, 6) is 0. The second-order valence-corrected chi connectivity index (χ2v) is 5.30. The molecule has 1 saturated heterocycles. The average molecular weight is 288 g/mol. The molecule has 2 aromatic rings. The maximum absolute atomic E-state index is 10.3. The maximum Gasteiger partial charge on any atom is 0.137 e. The Kier molecular flexibility index (Phi) is 4.59. The van der Waals surface area contributed by atoms with Crippen LogP contribution in [0.25, 0.3) is 0 Å². The Labute approximate surface area is 124 Å². The molecule has 1 N–H and O–H groups in total. The number of nitrogens with zero attached hydrogens (tertiary/aromatic N) is 4. The van der Waals surface area contributed by atoms with Gasteiger partial charge in [-0.25, -0.2) is 4.98 Å². The van der Waals surface area contributed by atoms with Crippen LogP contribution in [0.3, 0.4) is 0 Å². The summed E-state index contributed by atoms with van der Waals surface area (Å²) in [6.45, 7) is 3.64. The molecule has 21 heavy (non-hydrogen) atoms. The highest BCUT2D eigenvalue weighted by Gasteiger charge is 2.23. The molecule has 1 aliphatic heterocycles. The fourth-order valence-electron chi connectivity index (χ4n) is 2.62. The van der Waals surface area contributed by atoms with E-state index in [0.717, 1.165) is 18.7 Å². The Hall–Kier alpha value is -1.76. The van der Waals surface area contributed by atoms with Crippen molar-refractivity contribution in [3.05, 3.63) is 48.5 Å². The lowest BCUT2D eigenvalue weighted by Gasteiger charge is -2.34. The molecular weight excluding hydrogens is 268 g/mol. The monoisotopic (exact) mass is 288 g/mol. The van der Waals surface area contributed by atoms with E-state index in [-0.39, 0.29) is 6.10 Å². The number of aliphatic hydroxyl groups excluding tert-OH is 1. The smallest absolute Gasteiger partial charge is 0.137 e. The van der Waals surface area contributed by atoms with Crippen molar-refractivity contribution in [1.82, 2.24) is 19.7 Å². The number of benzene rings is 1. The highest BCUT2D eigenvalue weighted by atomic mass is 16.5. The zero-order valence-corrected chi connectivity index (χ0v) is 11.9. The van der Waals surface area contributed by atoms with E-state index >= 15 is 0 Å². The maximum atomic E-state index is 10.3. The molecule has 0 aliphatic carbocycles. The molecule has 0 unspecified atom stereocenters. The number of rotatable bonds is 5. The average Bonchev–Trinajstić information content (AvgIpc) is 3.01. The molecule has 0 spiro atoms. The third kappa shape index (κ3) is 3.87. The second-order valence-electron chi connectivity index (χ2n) is 5.30. The van der Waals surface area contributed by atoms with Crippen LogP contribution < -0.4 is 0 Å². The first-order chi connectivity index (χ1) is 10.3. The van der Waals surface area contributed by atoms with Crippen molar-refractivity contribution in [2.75, 3.05) is 26.2 Å². The van der Waals surface area contributed by atoms with E-state index in [0.29, 0.717) is 19.7 Å². The third-order valence-electron chi connectivity index (χ3n) is 3.70. The van der Waals surface area contributed by atoms with Crippen LogP contribution in [-0.4, -0.2) is 57.1 Å². The standard InChI is InChI=1S/C15H20N4O2/c20-15(13-4-2-1-3-5-13)10-18-6-7-21-14(8-18)9-19-12-16-11-17-19/h1-5,11-12,14-15,20H,6-10H2/t14-,15+/m0/s1. The van der Waals surface area contributed by atoms with Crippen molar-refractivity contribution in [3.8, 4) is 0 Å². The lowest BCUT2D eigenvalue weighted by atomic mass is 10.1. The Bertz CT molecular complexity index is 532. The highest BCUT2D eigenvalue weighted by molar-refractivity contribution is 5.17. The van der Waals surface area contributed by atoms with Gasteiger partial charge in [-0.05, 0) is 5.56 Å². The van der Waals surface area contributed by atoms with E-state index < -0.39 is 6.10 Å². The van der Waals surface area contributed by atoms with Crippen molar-refractivity contribution in [2.45, 2.75) is 18.8 Å². The number of hydrogen-bond donors (Lipinski definition) is 1. The molecule has 0 saturated carbocycles. The van der Waals surface area contributed by atoms with Crippen molar-refractivity contribution in [1.29, 1.82) is 0 Å². The first kappa shape index (κ1) is 14.2. The summed E-state index contributed by atoms with van der Waals surface area (Å²) in [6.07, 6.45) is 2.85. The molecule has 1 aromatic heterocycles. The predicted octanol–water partition coefficient (Wildman–Crippen LogP) is 0.712. The Balaban J connectivity index is 1.54. The zero-order chi connectivity index (χ0) is 14.5. The van der Waals surface area contributed by atoms with Gasteiger partial charge in [-0.1, -0.05) is 30.3 Å². The molecule has 1 fully saturated rings. The quantitative estimate of drug-likeness (QED) is 0.878. The number of ether oxygens (including phenoxy) is 1. The zero-order valence-electron chi connectivity index (χ0n) is 11.9. The minimum absolute atomic E-state index is 0.0865. The topological polar surface area (TPSA) is 63.4 Å². The summed E-state index contributed by atoms with van der Waals surface area (Å²) in [7, 11) is 0. The minimum atomic E-state index is -0.462. The van der Waals surface area contributed by atoms with Crippen LogP contribution in [0.4, 0.5) is 0 Å². The first-order valence-corrected chi connectivity index (χ1v) is 7.20. The van der Waals surface area contributed by atoms with E-state index in [4.69, 9.17) is 4.74 Å². The van der Waals surface area contributed by atoms with Gasteiger partial charge in [-0.3, -0.25) is 9.58 Å².